The summed E-state index contributed by atoms with van der Waals surface area (Å²) in [6, 6.07) is 14.0. The molecule has 0 radical (unpaired) electrons. The largest absolute Gasteiger partial charge is 0.481 e. The number of hydrogen-bond acceptors (Lipinski definition) is 3. The van der Waals surface area contributed by atoms with E-state index in [1.54, 1.807) is 18.9 Å². The van der Waals surface area contributed by atoms with Crippen LogP contribution in [0.2, 0.25) is 0 Å². The second-order valence-electron chi connectivity index (χ2n) is 6.29. The predicted octanol–water partition coefficient (Wildman–Crippen LogP) is 2.67. The van der Waals surface area contributed by atoms with E-state index in [4.69, 9.17) is 5.11 Å². The van der Waals surface area contributed by atoms with E-state index in [2.05, 4.69) is 17.4 Å². The van der Waals surface area contributed by atoms with Gasteiger partial charge in [0.15, 0.2) is 0 Å². The molecule has 2 unspecified atom stereocenters. The summed E-state index contributed by atoms with van der Waals surface area (Å²) < 4.78 is 0. The third kappa shape index (κ3) is 4.55. The molecule has 0 aliphatic carbocycles. The van der Waals surface area contributed by atoms with Gasteiger partial charge in [0.05, 0.1) is 18.5 Å². The van der Waals surface area contributed by atoms with Crippen LogP contribution in [0.3, 0.4) is 0 Å². The van der Waals surface area contributed by atoms with Crippen LogP contribution in [0.25, 0.3) is 10.8 Å². The summed E-state index contributed by atoms with van der Waals surface area (Å²) in [5.74, 6) is -1.47. The highest BCUT2D eigenvalue weighted by Crippen LogP contribution is 2.23. The molecule has 2 atom stereocenters. The van der Waals surface area contributed by atoms with Gasteiger partial charge in [-0.2, -0.15) is 0 Å². The van der Waals surface area contributed by atoms with Gasteiger partial charge in [0.2, 0.25) is 5.91 Å². The number of rotatable bonds is 7. The van der Waals surface area contributed by atoms with Gasteiger partial charge in [0.1, 0.15) is 0 Å². The third-order valence-corrected chi connectivity index (χ3v) is 4.09. The normalized spacial score (nSPS) is 13.7. The van der Waals surface area contributed by atoms with Gasteiger partial charge >= 0.3 is 5.97 Å². The highest BCUT2D eigenvalue weighted by Gasteiger charge is 2.17. The van der Waals surface area contributed by atoms with Crippen molar-refractivity contribution < 1.29 is 14.7 Å². The lowest BCUT2D eigenvalue weighted by Gasteiger charge is -2.21. The molecule has 2 aromatic rings. The first kappa shape index (κ1) is 17.9. The number of nitrogens with zero attached hydrogens (tertiary/aromatic N) is 1. The molecule has 2 N–H and O–H groups in total. The minimum absolute atomic E-state index is 0.115. The summed E-state index contributed by atoms with van der Waals surface area (Å²) in [6.45, 7) is 4.10. The van der Waals surface area contributed by atoms with Gasteiger partial charge in [-0.1, -0.05) is 49.4 Å². The summed E-state index contributed by atoms with van der Waals surface area (Å²) in [4.78, 5) is 24.8. The number of amides is 1. The highest BCUT2D eigenvalue weighted by molar-refractivity contribution is 5.87. The SMILES string of the molecule is CC(CN(C)CC(=O)NC(C)c1cccc2ccccc12)C(=O)O. The summed E-state index contributed by atoms with van der Waals surface area (Å²) in [5, 5.41) is 14.2. The molecule has 0 aliphatic heterocycles. The van der Waals surface area contributed by atoms with Crippen molar-refractivity contribution in [3.63, 3.8) is 0 Å². The van der Waals surface area contributed by atoms with Gasteiger partial charge in [-0.25, -0.2) is 0 Å². The molecule has 5 nitrogen and oxygen atoms in total. The molecule has 0 aliphatic rings. The van der Waals surface area contributed by atoms with Crippen LogP contribution < -0.4 is 5.32 Å². The first-order valence-corrected chi connectivity index (χ1v) is 8.07. The molecule has 0 fully saturated rings. The fourth-order valence-corrected chi connectivity index (χ4v) is 2.85. The number of aliphatic carboxylic acids is 1. The van der Waals surface area contributed by atoms with Crippen LogP contribution >= 0.6 is 0 Å². The van der Waals surface area contributed by atoms with Crippen molar-refractivity contribution >= 4 is 22.6 Å². The Labute approximate surface area is 142 Å². The number of carbonyl (C=O) groups excluding carboxylic acids is 1. The Morgan fingerprint density at radius 1 is 1.12 bits per heavy atom. The molecule has 2 rings (SSSR count). The molecular weight excluding hydrogens is 304 g/mol. The van der Waals surface area contributed by atoms with Crippen molar-refractivity contribution in [3.05, 3.63) is 48.0 Å². The molecule has 0 saturated heterocycles. The van der Waals surface area contributed by atoms with E-state index in [9.17, 15) is 9.59 Å². The standard InChI is InChI=1S/C19H24N2O3/c1-13(19(23)24)11-21(3)12-18(22)20-14(2)16-10-6-8-15-7-4-5-9-17(15)16/h4-10,13-14H,11-12H2,1-3H3,(H,20,22)(H,23,24). The van der Waals surface area contributed by atoms with Gasteiger partial charge in [0.25, 0.3) is 0 Å². The van der Waals surface area contributed by atoms with E-state index in [-0.39, 0.29) is 18.5 Å². The lowest BCUT2D eigenvalue weighted by Crippen LogP contribution is -2.39. The zero-order valence-corrected chi connectivity index (χ0v) is 14.3. The van der Waals surface area contributed by atoms with Gasteiger partial charge in [-0.3, -0.25) is 14.5 Å². The number of carbonyl (C=O) groups is 2. The fourth-order valence-electron chi connectivity index (χ4n) is 2.85. The number of likely N-dealkylation sites (N-methyl/N-ethyl adjacent to an activating group) is 1. The highest BCUT2D eigenvalue weighted by atomic mass is 16.4. The summed E-state index contributed by atoms with van der Waals surface area (Å²) >= 11 is 0. The maximum absolute atomic E-state index is 12.2. The summed E-state index contributed by atoms with van der Waals surface area (Å²) in [7, 11) is 1.75. The van der Waals surface area contributed by atoms with E-state index in [0.717, 1.165) is 16.3 Å². The molecule has 0 heterocycles. The van der Waals surface area contributed by atoms with Crippen molar-refractivity contribution in [3.8, 4) is 0 Å². The van der Waals surface area contributed by atoms with Crippen molar-refractivity contribution in [2.45, 2.75) is 19.9 Å². The van der Waals surface area contributed by atoms with Crippen LogP contribution in [0.4, 0.5) is 0 Å². The first-order valence-electron chi connectivity index (χ1n) is 8.07. The Bertz CT molecular complexity index is 724. The summed E-state index contributed by atoms with van der Waals surface area (Å²) in [6.07, 6.45) is 0. The van der Waals surface area contributed by atoms with E-state index in [0.29, 0.717) is 6.54 Å². The number of benzene rings is 2. The number of nitrogens with one attached hydrogen (secondary N) is 1. The molecule has 1 amide bonds. The maximum atomic E-state index is 12.2. The minimum atomic E-state index is -0.855. The fraction of sp³-hybridized carbons (Fsp3) is 0.368. The van der Waals surface area contributed by atoms with Gasteiger partial charge in [-0.15, -0.1) is 0 Å². The van der Waals surface area contributed by atoms with Crippen LogP contribution in [0.5, 0.6) is 0 Å². The molecule has 0 aromatic heterocycles. The Balaban J connectivity index is 1.99. The maximum Gasteiger partial charge on any atom is 0.307 e. The van der Waals surface area contributed by atoms with Crippen molar-refractivity contribution in [1.82, 2.24) is 10.2 Å². The zero-order chi connectivity index (χ0) is 17.7. The monoisotopic (exact) mass is 328 g/mol. The predicted molar refractivity (Wildman–Crippen MR) is 94.8 cm³/mol. The average molecular weight is 328 g/mol. The Morgan fingerprint density at radius 3 is 2.50 bits per heavy atom. The van der Waals surface area contributed by atoms with Crippen LogP contribution in [0, 0.1) is 5.92 Å². The topological polar surface area (TPSA) is 69.6 Å². The first-order chi connectivity index (χ1) is 11.4. The molecule has 2 aromatic carbocycles. The summed E-state index contributed by atoms with van der Waals surface area (Å²) in [5.41, 5.74) is 1.07. The second kappa shape index (κ2) is 7.93. The Morgan fingerprint density at radius 2 is 1.79 bits per heavy atom. The quantitative estimate of drug-likeness (QED) is 0.820. The molecule has 0 spiro atoms. The molecule has 5 heteroatoms. The van der Waals surface area contributed by atoms with E-state index < -0.39 is 11.9 Å². The number of hydrogen-bond donors (Lipinski definition) is 2. The van der Waals surface area contributed by atoms with Crippen molar-refractivity contribution in [2.24, 2.45) is 5.92 Å². The van der Waals surface area contributed by atoms with Gasteiger partial charge < -0.3 is 10.4 Å². The van der Waals surface area contributed by atoms with Crippen LogP contribution in [0.15, 0.2) is 42.5 Å². The number of carboxylic acid groups (broad SMARTS) is 1. The average Bonchev–Trinajstić information content (AvgIpc) is 2.53. The molecule has 24 heavy (non-hydrogen) atoms. The smallest absolute Gasteiger partial charge is 0.307 e. The number of fused-ring (bicyclic) bond motifs is 1. The molecular formula is C19H24N2O3. The van der Waals surface area contributed by atoms with E-state index >= 15 is 0 Å². The van der Waals surface area contributed by atoms with Crippen LogP contribution in [-0.2, 0) is 9.59 Å². The Kier molecular flexibility index (Phi) is 5.93. The van der Waals surface area contributed by atoms with Gasteiger partial charge in [0, 0.05) is 6.54 Å². The van der Waals surface area contributed by atoms with Crippen molar-refractivity contribution in [1.29, 1.82) is 0 Å². The molecule has 128 valence electrons. The lowest BCUT2D eigenvalue weighted by atomic mass is 10.00. The van der Waals surface area contributed by atoms with Crippen LogP contribution in [0.1, 0.15) is 25.5 Å². The lowest BCUT2D eigenvalue weighted by molar-refractivity contribution is -0.142. The van der Waals surface area contributed by atoms with Gasteiger partial charge in [-0.05, 0) is 30.3 Å². The molecule has 0 saturated carbocycles. The van der Waals surface area contributed by atoms with Crippen LogP contribution in [-0.4, -0.2) is 42.0 Å². The van der Waals surface area contributed by atoms with Crippen molar-refractivity contribution in [2.75, 3.05) is 20.1 Å². The zero-order valence-electron chi connectivity index (χ0n) is 14.3. The van der Waals surface area contributed by atoms with E-state index in [1.807, 2.05) is 37.3 Å². The minimum Gasteiger partial charge on any atom is -0.481 e. The number of carboxylic acids is 1. The third-order valence-electron chi connectivity index (χ3n) is 4.09. The van der Waals surface area contributed by atoms with E-state index in [1.165, 1.54) is 0 Å². The second-order valence-corrected chi connectivity index (χ2v) is 6.29. The molecule has 0 bridgehead atoms. The Hall–Kier alpha value is -2.40.